The van der Waals surface area contributed by atoms with Crippen LogP contribution in [0.3, 0.4) is 0 Å². The van der Waals surface area contributed by atoms with Crippen LogP contribution in [0.2, 0.25) is 0 Å². The van der Waals surface area contributed by atoms with Gasteiger partial charge in [0.05, 0.1) is 69.1 Å². The lowest BCUT2D eigenvalue weighted by molar-refractivity contribution is -0.148. The maximum Gasteiger partial charge on any atom is 0.247 e. The number of nitrogens with one attached hydrogen (secondary N) is 4. The Morgan fingerprint density at radius 3 is 2.03 bits per heavy atom. The van der Waals surface area contributed by atoms with E-state index in [-0.39, 0.29) is 99.8 Å². The molecule has 0 aromatic heterocycles. The van der Waals surface area contributed by atoms with Gasteiger partial charge >= 0.3 is 0 Å². The molecular formula is C57H95N7O11. The van der Waals surface area contributed by atoms with Gasteiger partial charge in [-0.05, 0) is 93.7 Å². The summed E-state index contributed by atoms with van der Waals surface area (Å²) in [6.07, 6.45) is 10.1. The van der Waals surface area contributed by atoms with Crippen molar-refractivity contribution in [3.63, 3.8) is 0 Å². The van der Waals surface area contributed by atoms with Gasteiger partial charge in [-0.3, -0.25) is 33.7 Å². The lowest BCUT2D eigenvalue weighted by atomic mass is 9.89. The van der Waals surface area contributed by atoms with Crippen LogP contribution in [0.4, 0.5) is 0 Å². The Labute approximate surface area is 448 Å². The molecule has 4 unspecified atom stereocenters. The van der Waals surface area contributed by atoms with E-state index in [4.69, 9.17) is 23.7 Å². The molecule has 1 aromatic carbocycles. The van der Waals surface area contributed by atoms with Crippen LogP contribution in [0, 0.1) is 41.4 Å². The summed E-state index contributed by atoms with van der Waals surface area (Å²) < 4.78 is 29.0. The minimum atomic E-state index is -0.917. The highest BCUT2D eigenvalue weighted by molar-refractivity contribution is 5.91. The summed E-state index contributed by atoms with van der Waals surface area (Å²) in [5.74, 6) is -0.618. The van der Waals surface area contributed by atoms with E-state index in [1.54, 1.807) is 30.9 Å². The van der Waals surface area contributed by atoms with Crippen molar-refractivity contribution < 1.29 is 52.5 Å². The van der Waals surface area contributed by atoms with E-state index in [2.05, 4.69) is 33.4 Å². The molecule has 6 amide bonds. The zero-order chi connectivity index (χ0) is 55.2. The van der Waals surface area contributed by atoms with Crippen LogP contribution in [0.15, 0.2) is 42.5 Å². The van der Waals surface area contributed by atoms with E-state index in [0.29, 0.717) is 38.3 Å². The van der Waals surface area contributed by atoms with Crippen molar-refractivity contribution in [1.29, 1.82) is 0 Å². The quantitative estimate of drug-likeness (QED) is 0.0434. The predicted molar refractivity (Wildman–Crippen MR) is 289 cm³/mol. The summed E-state index contributed by atoms with van der Waals surface area (Å²) in [4.78, 5) is 87.9. The average molecular weight is 1050 g/mol. The number of likely N-dealkylation sites (tertiary alicyclic amines) is 1. The second kappa shape index (κ2) is 32.3. The number of hydrogen-bond acceptors (Lipinski definition) is 12. The molecule has 0 radical (unpaired) electrons. The van der Waals surface area contributed by atoms with Gasteiger partial charge in [0.2, 0.25) is 35.4 Å². The Kier molecular flexibility index (Phi) is 27.2. The highest BCUT2D eigenvalue weighted by atomic mass is 16.5. The number of methoxy groups -OCH3 is 2. The molecule has 1 aliphatic heterocycles. The predicted octanol–water partition coefficient (Wildman–Crippen LogP) is 4.59. The Morgan fingerprint density at radius 2 is 1.43 bits per heavy atom. The van der Waals surface area contributed by atoms with E-state index in [9.17, 15) is 28.8 Å². The van der Waals surface area contributed by atoms with Gasteiger partial charge in [-0.15, -0.1) is 0 Å². The first-order chi connectivity index (χ1) is 35.9. The summed E-state index contributed by atoms with van der Waals surface area (Å²) in [6.45, 7) is 15.5. The van der Waals surface area contributed by atoms with Gasteiger partial charge in [0, 0.05) is 40.8 Å². The van der Waals surface area contributed by atoms with Gasteiger partial charge in [0.15, 0.2) is 0 Å². The van der Waals surface area contributed by atoms with Gasteiger partial charge < -0.3 is 54.8 Å². The average Bonchev–Trinajstić information content (AvgIpc) is 3.74. The highest BCUT2D eigenvalue weighted by Gasteiger charge is 2.48. The highest BCUT2D eigenvalue weighted by Crippen LogP contribution is 2.52. The standard InChI is InChI=1S/C57H95N7O11/c1-13-39(6)52(63(10)57(70)50(37(2)3)61-56(69)51(38(4)5)62(8)9)47(71-11)33-49(66)64-28-21-26-46(64)53(72-12)40(7)54(67)60-45(32-41-22-17-16-18-23-41)55(68)58-27-29-73-30-31-74-35-48(65)59-36-75-34-44-42-24-19-14-15-20-25-43(42)44/h14-18,22-23,37-40,42-47,50-53H,13,19-21,24-36H2,1-12H3,(H,58,68)(H,59,65)(H,60,67)(H,61,69)/b15-14-/t39?,40-,42?,43?,44?,45+,46+,47?,50+,51+,52+,53-/m1/s1. The summed E-state index contributed by atoms with van der Waals surface area (Å²) in [6, 6.07) is 6.37. The lowest BCUT2D eigenvalue weighted by Gasteiger charge is -2.41. The number of benzene rings is 1. The van der Waals surface area contributed by atoms with Gasteiger partial charge in [-0.1, -0.05) is 97.4 Å². The molecule has 2 aliphatic carbocycles. The molecule has 1 saturated carbocycles. The largest absolute Gasteiger partial charge is 0.379 e. The summed E-state index contributed by atoms with van der Waals surface area (Å²) in [7, 11) is 8.51. The van der Waals surface area contributed by atoms with Crippen LogP contribution in [0.25, 0.3) is 0 Å². The number of amides is 6. The lowest BCUT2D eigenvalue weighted by Crippen LogP contribution is -2.59. The molecule has 18 nitrogen and oxygen atoms in total. The maximum atomic E-state index is 14.5. The number of likely N-dealkylation sites (N-methyl/N-ethyl adjacent to an activating group) is 2. The molecule has 1 saturated heterocycles. The normalized spacial score (nSPS) is 22.1. The van der Waals surface area contributed by atoms with E-state index in [1.807, 2.05) is 90.9 Å². The van der Waals surface area contributed by atoms with Crippen molar-refractivity contribution in [3.05, 3.63) is 48.0 Å². The molecule has 75 heavy (non-hydrogen) atoms. The number of hydrogen-bond donors (Lipinski definition) is 4. The SMILES string of the molecule is CCC(C)[C@@H](C(CC(=O)N1CCC[C@H]1[C@H](OC)[C@@H](C)C(=O)N[C@@H](Cc1ccccc1)C(=O)NCCOCCOCC(=O)NCOCC1C2CC/C=C\CCC21)OC)N(C)C(=O)[C@@H](NC(=O)[C@H](C(C)C)N(C)C)C(C)C. The molecule has 2 fully saturated rings. The number of carbonyl (C=O) groups excluding carboxylic acids is 6. The molecule has 424 valence electrons. The van der Waals surface area contributed by atoms with Crippen molar-refractivity contribution in [2.45, 2.75) is 149 Å². The van der Waals surface area contributed by atoms with Crippen molar-refractivity contribution in [2.75, 3.05) is 88.2 Å². The third kappa shape index (κ3) is 19.2. The van der Waals surface area contributed by atoms with Crippen molar-refractivity contribution >= 4 is 35.4 Å². The first-order valence-corrected chi connectivity index (χ1v) is 27.7. The zero-order valence-corrected chi connectivity index (χ0v) is 47.5. The topological polar surface area (TPSA) is 206 Å². The van der Waals surface area contributed by atoms with Crippen LogP contribution in [0.5, 0.6) is 0 Å². The minimum absolute atomic E-state index is 0.0199. The second-order valence-corrected chi connectivity index (χ2v) is 21.9. The molecule has 3 aliphatic rings. The summed E-state index contributed by atoms with van der Waals surface area (Å²) in [5, 5.41) is 11.7. The smallest absolute Gasteiger partial charge is 0.247 e. The first kappa shape index (κ1) is 63.1. The fourth-order valence-corrected chi connectivity index (χ4v) is 11.3. The molecule has 1 aromatic rings. The summed E-state index contributed by atoms with van der Waals surface area (Å²) >= 11 is 0. The van der Waals surface area contributed by atoms with Crippen LogP contribution >= 0.6 is 0 Å². The first-order valence-electron chi connectivity index (χ1n) is 27.7. The van der Waals surface area contributed by atoms with Crippen molar-refractivity contribution in [2.24, 2.45) is 41.4 Å². The number of carbonyl (C=O) groups is 6. The third-order valence-electron chi connectivity index (χ3n) is 15.7. The van der Waals surface area contributed by atoms with E-state index < -0.39 is 54.2 Å². The van der Waals surface area contributed by atoms with Crippen LogP contribution < -0.4 is 21.3 Å². The van der Waals surface area contributed by atoms with Crippen LogP contribution in [0.1, 0.15) is 105 Å². The Morgan fingerprint density at radius 1 is 0.760 bits per heavy atom. The van der Waals surface area contributed by atoms with Crippen molar-refractivity contribution in [3.8, 4) is 0 Å². The van der Waals surface area contributed by atoms with E-state index >= 15 is 0 Å². The van der Waals surface area contributed by atoms with E-state index in [0.717, 1.165) is 30.2 Å². The van der Waals surface area contributed by atoms with E-state index in [1.165, 1.54) is 20.0 Å². The zero-order valence-electron chi connectivity index (χ0n) is 47.5. The number of nitrogens with zero attached hydrogens (tertiary/aromatic N) is 3. The summed E-state index contributed by atoms with van der Waals surface area (Å²) in [5.41, 5.74) is 0.860. The number of fused-ring (bicyclic) bond motifs is 1. The molecule has 11 atom stereocenters. The Hall–Kier alpha value is -4.46. The van der Waals surface area contributed by atoms with Gasteiger partial charge in [0.25, 0.3) is 0 Å². The third-order valence-corrected chi connectivity index (χ3v) is 15.7. The fourth-order valence-electron chi connectivity index (χ4n) is 11.3. The van der Waals surface area contributed by atoms with Crippen LogP contribution in [-0.4, -0.2) is 181 Å². The van der Waals surface area contributed by atoms with Crippen molar-refractivity contribution in [1.82, 2.24) is 36.0 Å². The number of allylic oxidation sites excluding steroid dienone is 2. The second-order valence-electron chi connectivity index (χ2n) is 21.9. The van der Waals surface area contributed by atoms with Gasteiger partial charge in [-0.25, -0.2) is 0 Å². The molecule has 4 N–H and O–H groups in total. The molecule has 18 heteroatoms. The monoisotopic (exact) mass is 1050 g/mol. The molecule has 4 rings (SSSR count). The Bertz CT molecular complexity index is 1930. The number of ether oxygens (including phenoxy) is 5. The van der Waals surface area contributed by atoms with Crippen LogP contribution in [-0.2, 0) is 58.9 Å². The van der Waals surface area contributed by atoms with Gasteiger partial charge in [0.1, 0.15) is 25.4 Å². The number of rotatable bonds is 33. The molecule has 0 spiro atoms. The molecule has 0 bridgehead atoms. The fraction of sp³-hybridized carbons (Fsp3) is 0.754. The Balaban J connectivity index is 1.29. The molecule has 1 heterocycles. The maximum absolute atomic E-state index is 14.5. The minimum Gasteiger partial charge on any atom is -0.379 e. The molecular weight excluding hydrogens is 959 g/mol. The van der Waals surface area contributed by atoms with Gasteiger partial charge in [-0.2, -0.15) is 0 Å².